The summed E-state index contributed by atoms with van der Waals surface area (Å²) >= 11 is 3.40. The Labute approximate surface area is 102 Å². The van der Waals surface area contributed by atoms with E-state index >= 15 is 0 Å². The fraction of sp³-hybridized carbons (Fsp3) is 0.250. The van der Waals surface area contributed by atoms with Crippen LogP contribution < -0.4 is 4.74 Å². The number of fused-ring (bicyclic) bond motifs is 1. The van der Waals surface area contributed by atoms with E-state index in [2.05, 4.69) is 20.7 Å². The van der Waals surface area contributed by atoms with Crippen molar-refractivity contribution in [3.8, 4) is 5.75 Å². The van der Waals surface area contributed by atoms with Gasteiger partial charge in [0.25, 0.3) is 0 Å². The number of hydrogen-bond acceptors (Lipinski definition) is 3. The van der Waals surface area contributed by atoms with E-state index in [4.69, 9.17) is 4.74 Å². The second kappa shape index (κ2) is 4.70. The van der Waals surface area contributed by atoms with E-state index in [1.807, 2.05) is 18.2 Å². The number of benzene rings is 1. The fourth-order valence-electron chi connectivity index (χ4n) is 1.64. The highest BCUT2D eigenvalue weighted by Crippen LogP contribution is 2.34. The molecule has 1 aromatic carbocycles. The van der Waals surface area contributed by atoms with Crippen LogP contribution >= 0.6 is 15.9 Å². The summed E-state index contributed by atoms with van der Waals surface area (Å²) in [7, 11) is 1.38. The minimum Gasteiger partial charge on any atom is -0.493 e. The first-order chi connectivity index (χ1) is 7.70. The molecule has 1 aromatic rings. The maximum absolute atomic E-state index is 11.2. The fourth-order valence-corrected chi connectivity index (χ4v) is 2.00. The van der Waals surface area contributed by atoms with Crippen molar-refractivity contribution in [3.63, 3.8) is 0 Å². The lowest BCUT2D eigenvalue weighted by Gasteiger charge is -2.20. The molecule has 0 saturated carbocycles. The van der Waals surface area contributed by atoms with Gasteiger partial charge < -0.3 is 9.47 Å². The average molecular weight is 283 g/mol. The molecular weight excluding hydrogens is 272 g/mol. The van der Waals surface area contributed by atoms with Crippen LogP contribution in [0.5, 0.6) is 5.75 Å². The van der Waals surface area contributed by atoms with Crippen LogP contribution in [-0.2, 0) is 9.53 Å². The molecule has 1 aliphatic heterocycles. The first-order valence-corrected chi connectivity index (χ1v) is 5.71. The van der Waals surface area contributed by atoms with E-state index in [1.54, 1.807) is 0 Å². The lowest BCUT2D eigenvalue weighted by Crippen LogP contribution is -2.09. The van der Waals surface area contributed by atoms with Gasteiger partial charge in [0, 0.05) is 22.5 Å². The Morgan fingerprint density at radius 3 is 3.12 bits per heavy atom. The molecule has 16 heavy (non-hydrogen) atoms. The molecule has 0 aliphatic carbocycles. The van der Waals surface area contributed by atoms with Gasteiger partial charge in [0.15, 0.2) is 0 Å². The predicted molar refractivity (Wildman–Crippen MR) is 64.2 cm³/mol. The van der Waals surface area contributed by atoms with Crippen LogP contribution in [0.1, 0.15) is 12.0 Å². The normalized spacial score (nSPS) is 16.5. The molecule has 3 nitrogen and oxygen atoms in total. The van der Waals surface area contributed by atoms with Gasteiger partial charge in [-0.1, -0.05) is 15.9 Å². The third-order valence-corrected chi connectivity index (χ3v) is 2.90. The summed E-state index contributed by atoms with van der Waals surface area (Å²) in [5.74, 6) is 0.479. The molecule has 0 saturated heterocycles. The molecule has 1 heterocycles. The first-order valence-electron chi connectivity index (χ1n) is 4.92. The maximum Gasteiger partial charge on any atom is 0.330 e. The summed E-state index contributed by atoms with van der Waals surface area (Å²) < 4.78 is 11.1. The molecule has 0 N–H and O–H groups in total. The Bertz CT molecular complexity index is 452. The lowest BCUT2D eigenvalue weighted by atomic mass is 9.99. The quantitative estimate of drug-likeness (QED) is 0.587. The van der Waals surface area contributed by atoms with E-state index in [0.29, 0.717) is 6.61 Å². The van der Waals surface area contributed by atoms with E-state index < -0.39 is 0 Å². The number of carbonyl (C=O) groups is 1. The van der Waals surface area contributed by atoms with Gasteiger partial charge in [0.2, 0.25) is 0 Å². The highest BCUT2D eigenvalue weighted by atomic mass is 79.9. The molecule has 0 aromatic heterocycles. The van der Waals surface area contributed by atoms with Crippen molar-refractivity contribution in [1.29, 1.82) is 0 Å². The molecule has 0 amide bonds. The summed E-state index contributed by atoms with van der Waals surface area (Å²) in [4.78, 5) is 11.2. The molecule has 2 rings (SSSR count). The Morgan fingerprint density at radius 1 is 1.56 bits per heavy atom. The van der Waals surface area contributed by atoms with Crippen LogP contribution in [0.15, 0.2) is 28.7 Å². The summed E-state index contributed by atoms with van der Waals surface area (Å²) in [5.41, 5.74) is 1.90. The van der Waals surface area contributed by atoms with Crippen LogP contribution in [0.3, 0.4) is 0 Å². The van der Waals surface area contributed by atoms with Crippen molar-refractivity contribution in [2.75, 3.05) is 13.7 Å². The van der Waals surface area contributed by atoms with Gasteiger partial charge in [-0.2, -0.15) is 0 Å². The molecule has 0 spiro atoms. The predicted octanol–water partition coefficient (Wildman–Crippen LogP) is 2.79. The first kappa shape index (κ1) is 11.2. The zero-order valence-electron chi connectivity index (χ0n) is 8.83. The van der Waals surface area contributed by atoms with Crippen LogP contribution in [-0.4, -0.2) is 19.7 Å². The summed E-state index contributed by atoms with van der Waals surface area (Å²) in [6, 6.07) is 5.76. The topological polar surface area (TPSA) is 35.5 Å². The number of methoxy groups -OCH3 is 1. The summed E-state index contributed by atoms with van der Waals surface area (Å²) in [5, 5.41) is 0. The van der Waals surface area contributed by atoms with Gasteiger partial charge in [0.05, 0.1) is 13.7 Å². The molecule has 0 fully saturated rings. The van der Waals surface area contributed by atoms with Crippen LogP contribution in [0.4, 0.5) is 0 Å². The monoisotopic (exact) mass is 282 g/mol. The van der Waals surface area contributed by atoms with E-state index in [0.717, 1.165) is 27.8 Å². The number of ether oxygens (including phenoxy) is 2. The highest BCUT2D eigenvalue weighted by molar-refractivity contribution is 9.10. The van der Waals surface area contributed by atoms with Gasteiger partial charge >= 0.3 is 5.97 Å². The van der Waals surface area contributed by atoms with Crippen molar-refractivity contribution in [3.05, 3.63) is 34.3 Å². The van der Waals surface area contributed by atoms with Gasteiger partial charge in [-0.15, -0.1) is 0 Å². The summed E-state index contributed by atoms with van der Waals surface area (Å²) in [6.45, 7) is 0.595. The maximum atomic E-state index is 11.2. The van der Waals surface area contributed by atoms with Gasteiger partial charge in [-0.3, -0.25) is 0 Å². The third kappa shape index (κ3) is 2.27. The second-order valence-electron chi connectivity index (χ2n) is 3.43. The van der Waals surface area contributed by atoms with Crippen LogP contribution in [0, 0.1) is 0 Å². The summed E-state index contributed by atoms with van der Waals surface area (Å²) in [6.07, 6.45) is 2.24. The standard InChI is InChI=1S/C12H11BrO3/c1-15-12(14)6-8-4-5-16-11-3-2-9(13)7-10(8)11/h2-3,6-7H,4-5H2,1H3/b8-6-. The van der Waals surface area contributed by atoms with Crippen molar-refractivity contribution < 1.29 is 14.3 Å². The zero-order valence-corrected chi connectivity index (χ0v) is 10.4. The average Bonchev–Trinajstić information content (AvgIpc) is 2.29. The van der Waals surface area contributed by atoms with Crippen molar-refractivity contribution in [2.45, 2.75) is 6.42 Å². The Kier molecular flexibility index (Phi) is 3.29. The number of esters is 1. The number of carbonyl (C=O) groups excluding carboxylic acids is 1. The number of halogens is 1. The number of rotatable bonds is 1. The molecule has 0 bridgehead atoms. The molecular formula is C12H11BrO3. The lowest BCUT2D eigenvalue weighted by molar-refractivity contribution is -0.134. The molecule has 4 heteroatoms. The van der Waals surface area contributed by atoms with Gasteiger partial charge in [-0.25, -0.2) is 4.79 Å². The number of hydrogen-bond donors (Lipinski definition) is 0. The van der Waals surface area contributed by atoms with Gasteiger partial charge in [0.1, 0.15) is 5.75 Å². The van der Waals surface area contributed by atoms with E-state index in [9.17, 15) is 4.79 Å². The van der Waals surface area contributed by atoms with E-state index in [-0.39, 0.29) is 5.97 Å². The Morgan fingerprint density at radius 2 is 2.38 bits per heavy atom. The largest absolute Gasteiger partial charge is 0.493 e. The molecule has 0 radical (unpaired) electrons. The SMILES string of the molecule is COC(=O)/C=C1/CCOc2ccc(Br)cc21. The van der Waals surface area contributed by atoms with E-state index in [1.165, 1.54) is 13.2 Å². The zero-order chi connectivity index (χ0) is 11.5. The molecule has 84 valence electrons. The Hall–Kier alpha value is -1.29. The van der Waals surface area contributed by atoms with Crippen molar-refractivity contribution in [1.82, 2.24) is 0 Å². The highest BCUT2D eigenvalue weighted by Gasteiger charge is 2.16. The minimum absolute atomic E-state index is 0.331. The second-order valence-corrected chi connectivity index (χ2v) is 4.35. The van der Waals surface area contributed by atoms with Crippen molar-refractivity contribution >= 4 is 27.5 Å². The molecule has 0 unspecified atom stereocenters. The Balaban J connectivity index is 2.43. The van der Waals surface area contributed by atoms with Crippen molar-refractivity contribution in [2.24, 2.45) is 0 Å². The smallest absolute Gasteiger partial charge is 0.330 e. The van der Waals surface area contributed by atoms with Crippen LogP contribution in [0.2, 0.25) is 0 Å². The van der Waals surface area contributed by atoms with Crippen LogP contribution in [0.25, 0.3) is 5.57 Å². The molecule has 0 atom stereocenters. The minimum atomic E-state index is -0.331. The third-order valence-electron chi connectivity index (χ3n) is 2.41. The van der Waals surface area contributed by atoms with Gasteiger partial charge in [-0.05, 0) is 23.8 Å². The molecule has 1 aliphatic rings.